The monoisotopic (exact) mass is 376 g/mol. The van der Waals surface area contributed by atoms with E-state index in [-0.39, 0.29) is 0 Å². The smallest absolute Gasteiger partial charge is 0.150 e. The van der Waals surface area contributed by atoms with Crippen LogP contribution in [0, 0.1) is 0 Å². The van der Waals surface area contributed by atoms with Crippen molar-refractivity contribution in [3.05, 3.63) is 58.6 Å². The maximum Gasteiger partial charge on any atom is 0.150 e. The third-order valence-electron chi connectivity index (χ3n) is 3.41. The SMILES string of the molecule is O=Cc1ccc(OCCCCCCOc2ccc(Br)cc2)cc1. The van der Waals surface area contributed by atoms with Gasteiger partial charge in [0.1, 0.15) is 17.8 Å². The van der Waals surface area contributed by atoms with Crippen molar-refractivity contribution in [2.45, 2.75) is 25.7 Å². The molecule has 0 aliphatic heterocycles. The zero-order valence-electron chi connectivity index (χ0n) is 13.0. The molecule has 23 heavy (non-hydrogen) atoms. The van der Waals surface area contributed by atoms with Crippen molar-refractivity contribution in [1.82, 2.24) is 0 Å². The number of carbonyl (C=O) groups excluding carboxylic acids is 1. The van der Waals surface area contributed by atoms with Crippen LogP contribution in [0.25, 0.3) is 0 Å². The number of benzene rings is 2. The van der Waals surface area contributed by atoms with Crippen LogP contribution in [0.4, 0.5) is 0 Å². The molecule has 0 fully saturated rings. The van der Waals surface area contributed by atoms with Crippen LogP contribution in [0.3, 0.4) is 0 Å². The number of ether oxygens (including phenoxy) is 2. The largest absolute Gasteiger partial charge is 0.494 e. The molecule has 0 amide bonds. The zero-order valence-corrected chi connectivity index (χ0v) is 14.6. The summed E-state index contributed by atoms with van der Waals surface area (Å²) in [5.74, 6) is 1.73. The molecule has 0 N–H and O–H groups in total. The van der Waals surface area contributed by atoms with Crippen LogP contribution in [-0.4, -0.2) is 19.5 Å². The molecule has 0 aliphatic rings. The van der Waals surface area contributed by atoms with E-state index in [0.717, 1.165) is 54.5 Å². The van der Waals surface area contributed by atoms with E-state index < -0.39 is 0 Å². The fourth-order valence-electron chi connectivity index (χ4n) is 2.11. The standard InChI is InChI=1S/C19H21BrO3/c20-17-7-11-19(12-8-17)23-14-4-2-1-3-13-22-18-9-5-16(15-21)6-10-18/h5-12,15H,1-4,13-14H2. The molecule has 0 saturated carbocycles. The number of hydrogen-bond donors (Lipinski definition) is 0. The van der Waals surface area contributed by atoms with Gasteiger partial charge in [-0.15, -0.1) is 0 Å². The molecular weight excluding hydrogens is 356 g/mol. The summed E-state index contributed by atoms with van der Waals surface area (Å²) in [7, 11) is 0. The van der Waals surface area contributed by atoms with Crippen molar-refractivity contribution >= 4 is 22.2 Å². The molecule has 122 valence electrons. The molecule has 0 heterocycles. The van der Waals surface area contributed by atoms with E-state index in [1.807, 2.05) is 36.4 Å². The predicted molar refractivity (Wildman–Crippen MR) is 95.4 cm³/mol. The molecule has 0 saturated heterocycles. The van der Waals surface area contributed by atoms with Crippen LogP contribution < -0.4 is 9.47 Å². The summed E-state index contributed by atoms with van der Waals surface area (Å²) in [6, 6.07) is 15.1. The molecule has 2 aromatic rings. The fraction of sp³-hybridized carbons (Fsp3) is 0.316. The van der Waals surface area contributed by atoms with Gasteiger partial charge in [0.05, 0.1) is 13.2 Å². The normalized spacial score (nSPS) is 10.3. The van der Waals surface area contributed by atoms with Crippen LogP contribution in [0.2, 0.25) is 0 Å². The highest BCUT2D eigenvalue weighted by Crippen LogP contribution is 2.16. The van der Waals surface area contributed by atoms with Crippen molar-refractivity contribution in [2.75, 3.05) is 13.2 Å². The first-order valence-corrected chi connectivity index (χ1v) is 8.63. The van der Waals surface area contributed by atoms with Crippen molar-refractivity contribution < 1.29 is 14.3 Å². The van der Waals surface area contributed by atoms with Gasteiger partial charge in [0, 0.05) is 10.0 Å². The Kier molecular flexibility index (Phi) is 7.67. The average molecular weight is 377 g/mol. The minimum atomic E-state index is 0.670. The molecule has 0 unspecified atom stereocenters. The average Bonchev–Trinajstić information content (AvgIpc) is 2.59. The quantitative estimate of drug-likeness (QED) is 0.417. The van der Waals surface area contributed by atoms with Gasteiger partial charge in [0.25, 0.3) is 0 Å². The van der Waals surface area contributed by atoms with E-state index in [2.05, 4.69) is 15.9 Å². The summed E-state index contributed by atoms with van der Waals surface area (Å²) in [6.07, 6.45) is 5.15. The molecular formula is C19H21BrO3. The summed E-state index contributed by atoms with van der Waals surface area (Å²) >= 11 is 3.40. The molecule has 0 atom stereocenters. The molecule has 2 aromatic carbocycles. The summed E-state index contributed by atoms with van der Waals surface area (Å²) < 4.78 is 12.4. The lowest BCUT2D eigenvalue weighted by molar-refractivity contribution is 0.112. The Labute approximate surface area is 145 Å². The van der Waals surface area contributed by atoms with Gasteiger partial charge < -0.3 is 9.47 Å². The van der Waals surface area contributed by atoms with Crippen LogP contribution in [0.1, 0.15) is 36.0 Å². The third-order valence-corrected chi connectivity index (χ3v) is 3.93. The summed E-state index contributed by atoms with van der Waals surface area (Å²) in [6.45, 7) is 1.45. The summed E-state index contributed by atoms with van der Waals surface area (Å²) in [5.41, 5.74) is 0.670. The molecule has 4 heteroatoms. The second kappa shape index (κ2) is 10.1. The number of unbranched alkanes of at least 4 members (excludes halogenated alkanes) is 3. The molecule has 0 radical (unpaired) electrons. The zero-order chi connectivity index (χ0) is 16.3. The van der Waals surface area contributed by atoms with Gasteiger partial charge in [-0.05, 0) is 74.2 Å². The predicted octanol–water partition coefficient (Wildman–Crippen LogP) is 5.28. The Bertz CT molecular complexity index is 579. The number of rotatable bonds is 10. The Hall–Kier alpha value is -1.81. The lowest BCUT2D eigenvalue weighted by atomic mass is 10.2. The fourth-order valence-corrected chi connectivity index (χ4v) is 2.38. The number of aldehydes is 1. The first kappa shape index (κ1) is 17.5. The van der Waals surface area contributed by atoms with Gasteiger partial charge in [-0.1, -0.05) is 15.9 Å². The highest BCUT2D eigenvalue weighted by molar-refractivity contribution is 9.10. The van der Waals surface area contributed by atoms with Crippen molar-refractivity contribution in [3.8, 4) is 11.5 Å². The van der Waals surface area contributed by atoms with E-state index in [1.165, 1.54) is 0 Å². The van der Waals surface area contributed by atoms with E-state index >= 15 is 0 Å². The lowest BCUT2D eigenvalue weighted by Gasteiger charge is -2.07. The van der Waals surface area contributed by atoms with E-state index in [4.69, 9.17) is 9.47 Å². The maximum absolute atomic E-state index is 10.6. The van der Waals surface area contributed by atoms with Crippen molar-refractivity contribution in [3.63, 3.8) is 0 Å². The third kappa shape index (κ3) is 6.87. The summed E-state index contributed by atoms with van der Waals surface area (Å²) in [5, 5.41) is 0. The van der Waals surface area contributed by atoms with E-state index in [0.29, 0.717) is 12.2 Å². The van der Waals surface area contributed by atoms with Gasteiger partial charge in [-0.2, -0.15) is 0 Å². The first-order chi connectivity index (χ1) is 11.3. The molecule has 0 spiro atoms. The topological polar surface area (TPSA) is 35.5 Å². The second-order valence-electron chi connectivity index (χ2n) is 5.25. The van der Waals surface area contributed by atoms with E-state index in [9.17, 15) is 4.79 Å². The second-order valence-corrected chi connectivity index (χ2v) is 6.17. The number of halogens is 1. The summed E-state index contributed by atoms with van der Waals surface area (Å²) in [4.78, 5) is 10.6. The van der Waals surface area contributed by atoms with Gasteiger partial charge in [-0.25, -0.2) is 0 Å². The van der Waals surface area contributed by atoms with E-state index in [1.54, 1.807) is 12.1 Å². The first-order valence-electron chi connectivity index (χ1n) is 7.84. The number of hydrogen-bond acceptors (Lipinski definition) is 3. The Morgan fingerprint density at radius 3 is 1.70 bits per heavy atom. The molecule has 0 bridgehead atoms. The van der Waals surface area contributed by atoms with Crippen molar-refractivity contribution in [2.24, 2.45) is 0 Å². The van der Waals surface area contributed by atoms with Crippen LogP contribution in [0.15, 0.2) is 53.0 Å². The Morgan fingerprint density at radius 2 is 1.22 bits per heavy atom. The Balaban J connectivity index is 1.49. The van der Waals surface area contributed by atoms with Gasteiger partial charge in [-0.3, -0.25) is 4.79 Å². The molecule has 3 nitrogen and oxygen atoms in total. The highest BCUT2D eigenvalue weighted by atomic mass is 79.9. The minimum absolute atomic E-state index is 0.670. The lowest BCUT2D eigenvalue weighted by Crippen LogP contribution is -2.00. The molecule has 0 aliphatic carbocycles. The van der Waals surface area contributed by atoms with Crippen LogP contribution in [-0.2, 0) is 0 Å². The van der Waals surface area contributed by atoms with Gasteiger partial charge >= 0.3 is 0 Å². The van der Waals surface area contributed by atoms with Crippen LogP contribution in [0.5, 0.6) is 11.5 Å². The Morgan fingerprint density at radius 1 is 0.739 bits per heavy atom. The minimum Gasteiger partial charge on any atom is -0.494 e. The number of carbonyl (C=O) groups is 1. The maximum atomic E-state index is 10.6. The molecule has 2 rings (SSSR count). The molecule has 0 aromatic heterocycles. The van der Waals surface area contributed by atoms with Gasteiger partial charge in [0.15, 0.2) is 0 Å². The van der Waals surface area contributed by atoms with Crippen molar-refractivity contribution in [1.29, 1.82) is 0 Å². The van der Waals surface area contributed by atoms with Crippen LogP contribution >= 0.6 is 15.9 Å². The highest BCUT2D eigenvalue weighted by Gasteiger charge is 1.97. The van der Waals surface area contributed by atoms with Gasteiger partial charge in [0.2, 0.25) is 0 Å².